The lowest BCUT2D eigenvalue weighted by molar-refractivity contribution is -0.161. The maximum atomic E-state index is 13.0. The van der Waals surface area contributed by atoms with Crippen LogP contribution in [0.25, 0.3) is 0 Å². The molecule has 91 heavy (non-hydrogen) atoms. The molecular formula is C72H140O17P2. The number of carbonyl (C=O) groups excluding carboxylic acids is 4. The summed E-state index contributed by atoms with van der Waals surface area (Å²) < 4.78 is 68.2. The first-order valence-corrected chi connectivity index (χ1v) is 40.3. The van der Waals surface area contributed by atoms with Gasteiger partial charge in [0.05, 0.1) is 26.4 Å². The van der Waals surface area contributed by atoms with Crippen LogP contribution in [0.4, 0.5) is 0 Å². The molecule has 0 saturated carbocycles. The van der Waals surface area contributed by atoms with Gasteiger partial charge in [0, 0.05) is 25.7 Å². The van der Waals surface area contributed by atoms with Crippen LogP contribution in [-0.2, 0) is 65.4 Å². The molecule has 0 fully saturated rings. The Balaban J connectivity index is 5.16. The van der Waals surface area contributed by atoms with Crippen molar-refractivity contribution in [2.45, 2.75) is 381 Å². The highest BCUT2D eigenvalue weighted by atomic mass is 31.2. The van der Waals surface area contributed by atoms with E-state index in [9.17, 15) is 43.2 Å². The number of phosphoric acid groups is 2. The molecule has 0 aromatic rings. The molecule has 0 aliphatic heterocycles. The SMILES string of the molecule is CCCCCCCCCCCC(=O)OC[C@H](COP(=O)(O)OC[C@H](O)COP(=O)(O)OC[C@@H](COC(=O)CCCCCCCCCCC(C)C)OC(=O)CCCCCCCCCCCCCCCCCCCCC(C)C)OC(=O)CCCCCCCCCC(C)C. The highest BCUT2D eigenvalue weighted by Gasteiger charge is 2.30. The van der Waals surface area contributed by atoms with Gasteiger partial charge in [-0.1, -0.05) is 312 Å². The summed E-state index contributed by atoms with van der Waals surface area (Å²) in [6.45, 7) is 11.8. The number of aliphatic hydroxyl groups excluding tert-OH is 1. The molecular weight excluding hydrogens is 1200 g/mol. The van der Waals surface area contributed by atoms with E-state index >= 15 is 0 Å². The lowest BCUT2D eigenvalue weighted by atomic mass is 10.0. The van der Waals surface area contributed by atoms with Crippen molar-refractivity contribution in [3.8, 4) is 0 Å². The van der Waals surface area contributed by atoms with Crippen molar-refractivity contribution >= 4 is 39.5 Å². The fourth-order valence-corrected chi connectivity index (χ4v) is 12.5. The van der Waals surface area contributed by atoms with E-state index in [1.165, 1.54) is 173 Å². The first-order chi connectivity index (χ1) is 43.7. The van der Waals surface area contributed by atoms with Gasteiger partial charge in [-0.3, -0.25) is 37.3 Å². The second kappa shape index (κ2) is 62.8. The minimum atomic E-state index is -4.95. The normalized spacial score (nSPS) is 14.2. The third-order valence-corrected chi connectivity index (χ3v) is 18.5. The first kappa shape index (κ1) is 89.1. The predicted octanol–water partition coefficient (Wildman–Crippen LogP) is 20.6. The second-order valence-electron chi connectivity index (χ2n) is 27.4. The van der Waals surface area contributed by atoms with Crippen molar-refractivity contribution < 1.29 is 80.2 Å². The zero-order valence-corrected chi connectivity index (χ0v) is 61.1. The topological polar surface area (TPSA) is 237 Å². The third kappa shape index (κ3) is 66.5. The first-order valence-electron chi connectivity index (χ1n) is 37.3. The van der Waals surface area contributed by atoms with E-state index in [-0.39, 0.29) is 25.7 Å². The summed E-state index contributed by atoms with van der Waals surface area (Å²) in [5, 5.41) is 10.6. The molecule has 2 unspecified atom stereocenters. The summed E-state index contributed by atoms with van der Waals surface area (Å²) >= 11 is 0. The fraction of sp³-hybridized carbons (Fsp3) is 0.944. The number of esters is 4. The fourth-order valence-electron chi connectivity index (χ4n) is 10.9. The van der Waals surface area contributed by atoms with Gasteiger partial charge in [-0.15, -0.1) is 0 Å². The number of rotatable bonds is 70. The highest BCUT2D eigenvalue weighted by molar-refractivity contribution is 7.47. The van der Waals surface area contributed by atoms with Gasteiger partial charge in [-0.05, 0) is 43.4 Å². The van der Waals surface area contributed by atoms with Crippen molar-refractivity contribution in [3.63, 3.8) is 0 Å². The van der Waals surface area contributed by atoms with Crippen LogP contribution in [-0.4, -0.2) is 96.7 Å². The summed E-state index contributed by atoms with van der Waals surface area (Å²) in [7, 11) is -9.90. The average molecular weight is 1340 g/mol. The summed E-state index contributed by atoms with van der Waals surface area (Å²) in [4.78, 5) is 72.5. The zero-order chi connectivity index (χ0) is 67.3. The molecule has 0 saturated heterocycles. The Bertz CT molecular complexity index is 1780. The summed E-state index contributed by atoms with van der Waals surface area (Å²) in [5.74, 6) is 0.114. The van der Waals surface area contributed by atoms with Crippen molar-refractivity contribution in [3.05, 3.63) is 0 Å². The predicted molar refractivity (Wildman–Crippen MR) is 368 cm³/mol. The van der Waals surface area contributed by atoms with Gasteiger partial charge in [-0.2, -0.15) is 0 Å². The van der Waals surface area contributed by atoms with E-state index < -0.39 is 97.5 Å². The van der Waals surface area contributed by atoms with Gasteiger partial charge >= 0.3 is 39.5 Å². The van der Waals surface area contributed by atoms with Crippen LogP contribution < -0.4 is 0 Å². The molecule has 0 aromatic heterocycles. The summed E-state index contributed by atoms with van der Waals surface area (Å²) in [6.07, 6.45) is 47.5. The van der Waals surface area contributed by atoms with Gasteiger partial charge in [0.15, 0.2) is 12.2 Å². The average Bonchev–Trinajstić information content (AvgIpc) is 3.67. The molecule has 0 bridgehead atoms. The molecule has 3 N–H and O–H groups in total. The van der Waals surface area contributed by atoms with E-state index in [2.05, 4.69) is 48.5 Å². The zero-order valence-electron chi connectivity index (χ0n) is 59.3. The van der Waals surface area contributed by atoms with Crippen LogP contribution in [0.15, 0.2) is 0 Å². The molecule has 0 spiro atoms. The van der Waals surface area contributed by atoms with Gasteiger partial charge in [0.25, 0.3) is 0 Å². The largest absolute Gasteiger partial charge is 0.472 e. The number of ether oxygens (including phenoxy) is 4. The number of aliphatic hydroxyl groups is 1. The Kier molecular flexibility index (Phi) is 61.5. The van der Waals surface area contributed by atoms with Crippen molar-refractivity contribution in [2.75, 3.05) is 39.6 Å². The molecule has 0 rings (SSSR count). The third-order valence-electron chi connectivity index (χ3n) is 16.6. The maximum absolute atomic E-state index is 13.0. The standard InChI is InChI=1S/C72H140O17P2/c1-8-9-10-11-12-23-32-39-46-53-69(74)82-60-68(89-72(77)56-49-42-35-28-31-38-45-52-65(6)7)62-87-91(80,81)85-58-66(73)57-84-90(78,79)86-61-67(59-83-70(75)54-47-40-33-27-26-30-37-44-51-64(4)5)88-71(76)55-48-41-34-25-22-20-18-16-14-13-15-17-19-21-24-29-36-43-50-63(2)3/h63-68,73H,8-62H2,1-7H3,(H,78,79)(H,80,81)/t66-,67-,68-/m1/s1. The lowest BCUT2D eigenvalue weighted by Crippen LogP contribution is -2.30. The molecule has 5 atom stereocenters. The molecule has 0 aromatic carbocycles. The molecule has 19 heteroatoms. The van der Waals surface area contributed by atoms with E-state index in [0.717, 1.165) is 102 Å². The molecule has 0 heterocycles. The van der Waals surface area contributed by atoms with Crippen LogP contribution in [0.3, 0.4) is 0 Å². The van der Waals surface area contributed by atoms with E-state index in [1.54, 1.807) is 0 Å². The Hall–Kier alpha value is -1.94. The van der Waals surface area contributed by atoms with Gasteiger partial charge in [0.2, 0.25) is 0 Å². The summed E-state index contributed by atoms with van der Waals surface area (Å²) in [5.41, 5.74) is 0. The monoisotopic (exact) mass is 1340 g/mol. The number of hydrogen-bond donors (Lipinski definition) is 3. The van der Waals surface area contributed by atoms with Crippen LogP contribution >= 0.6 is 15.6 Å². The maximum Gasteiger partial charge on any atom is 0.472 e. The summed E-state index contributed by atoms with van der Waals surface area (Å²) in [6, 6.07) is 0. The molecule has 0 aliphatic rings. The Labute approximate surface area is 556 Å². The van der Waals surface area contributed by atoms with Crippen LogP contribution in [0.5, 0.6) is 0 Å². The van der Waals surface area contributed by atoms with Crippen LogP contribution in [0.1, 0.15) is 363 Å². The van der Waals surface area contributed by atoms with E-state index in [4.69, 9.17) is 37.0 Å². The quantitative estimate of drug-likeness (QED) is 0.0222. The highest BCUT2D eigenvalue weighted by Crippen LogP contribution is 2.45. The van der Waals surface area contributed by atoms with E-state index in [1.807, 2.05) is 0 Å². The molecule has 0 radical (unpaired) electrons. The van der Waals surface area contributed by atoms with Gasteiger partial charge in [0.1, 0.15) is 19.3 Å². The Morgan fingerprint density at radius 2 is 0.505 bits per heavy atom. The minimum absolute atomic E-state index is 0.103. The van der Waals surface area contributed by atoms with Crippen LogP contribution in [0.2, 0.25) is 0 Å². The smallest absolute Gasteiger partial charge is 0.462 e. The van der Waals surface area contributed by atoms with Crippen molar-refractivity contribution in [2.24, 2.45) is 17.8 Å². The molecule has 540 valence electrons. The number of unbranched alkanes of at least 4 members (excludes halogenated alkanes) is 38. The molecule has 0 aliphatic carbocycles. The Morgan fingerprint density at radius 1 is 0.297 bits per heavy atom. The van der Waals surface area contributed by atoms with E-state index in [0.29, 0.717) is 31.6 Å². The number of hydrogen-bond acceptors (Lipinski definition) is 15. The van der Waals surface area contributed by atoms with Crippen molar-refractivity contribution in [1.82, 2.24) is 0 Å². The Morgan fingerprint density at radius 3 is 0.747 bits per heavy atom. The van der Waals surface area contributed by atoms with Gasteiger partial charge in [-0.25, -0.2) is 9.13 Å². The van der Waals surface area contributed by atoms with Gasteiger partial charge < -0.3 is 33.8 Å². The van der Waals surface area contributed by atoms with Crippen molar-refractivity contribution in [1.29, 1.82) is 0 Å². The van der Waals surface area contributed by atoms with Crippen LogP contribution in [0, 0.1) is 17.8 Å². The minimum Gasteiger partial charge on any atom is -0.462 e. The number of phosphoric ester groups is 2. The molecule has 17 nitrogen and oxygen atoms in total. The number of carbonyl (C=O) groups is 4. The second-order valence-corrected chi connectivity index (χ2v) is 30.3. The lowest BCUT2D eigenvalue weighted by Gasteiger charge is -2.21. The molecule has 0 amide bonds.